The Morgan fingerprint density at radius 1 is 0.818 bits per heavy atom. The van der Waals surface area contributed by atoms with Crippen molar-refractivity contribution in [3.8, 4) is 0 Å². The van der Waals surface area contributed by atoms with Crippen LogP contribution in [-0.4, -0.2) is 54.5 Å². The SMILES string of the molecule is C=C(C)C(=O)OCCOC(=O)C(F)(F)C(F)(F)C(F)(F)C(=O)OC12CC3CC(CC(C3)C1)C2. The van der Waals surface area contributed by atoms with Crippen molar-refractivity contribution in [2.24, 2.45) is 17.8 Å². The van der Waals surface area contributed by atoms with E-state index in [1.165, 1.54) is 6.92 Å². The van der Waals surface area contributed by atoms with Gasteiger partial charge in [0.25, 0.3) is 0 Å². The van der Waals surface area contributed by atoms with Crippen LogP contribution in [0.1, 0.15) is 45.4 Å². The van der Waals surface area contributed by atoms with Gasteiger partial charge in [-0.05, 0) is 63.2 Å². The van der Waals surface area contributed by atoms with Gasteiger partial charge in [0.1, 0.15) is 18.8 Å². The van der Waals surface area contributed by atoms with E-state index in [1.807, 2.05) is 0 Å². The third-order valence-corrected chi connectivity index (χ3v) is 6.49. The average molecular weight is 486 g/mol. The predicted octanol–water partition coefficient (Wildman–Crippen LogP) is 4.07. The highest BCUT2D eigenvalue weighted by Gasteiger charge is 2.80. The summed E-state index contributed by atoms with van der Waals surface area (Å²) in [6.07, 6.45) is 3.13. The second-order valence-electron chi connectivity index (χ2n) is 9.27. The molecule has 0 aromatic carbocycles. The van der Waals surface area contributed by atoms with Gasteiger partial charge in [0.15, 0.2) is 0 Å². The number of esters is 3. The Bertz CT molecular complexity index is 804. The van der Waals surface area contributed by atoms with E-state index in [1.54, 1.807) is 0 Å². The summed E-state index contributed by atoms with van der Waals surface area (Å²) in [6, 6.07) is 0. The summed E-state index contributed by atoms with van der Waals surface area (Å²) in [5, 5.41) is 0. The number of rotatable bonds is 9. The molecule has 0 saturated heterocycles. The molecule has 0 spiro atoms. The molecular weight excluding hydrogens is 462 g/mol. The van der Waals surface area contributed by atoms with Gasteiger partial charge in [0.2, 0.25) is 0 Å². The molecule has 0 aliphatic heterocycles. The molecule has 0 unspecified atom stereocenters. The summed E-state index contributed by atoms with van der Waals surface area (Å²) in [4.78, 5) is 34.7. The Morgan fingerprint density at radius 3 is 1.70 bits per heavy atom. The van der Waals surface area contributed by atoms with Crippen LogP contribution in [0.5, 0.6) is 0 Å². The first-order chi connectivity index (χ1) is 15.1. The molecule has 4 bridgehead atoms. The molecule has 0 atom stereocenters. The van der Waals surface area contributed by atoms with Crippen LogP contribution in [0.15, 0.2) is 12.2 Å². The standard InChI is InChI=1S/C21H24F6O6/c1-11(2)15(28)31-3-4-32-16(29)19(22,23)21(26,27)20(24,25)17(30)33-18-8-12-5-13(9-18)7-14(6-12)10-18/h12-14H,1,3-10H2,2H3. The van der Waals surface area contributed by atoms with Crippen LogP contribution in [0.2, 0.25) is 0 Å². The highest BCUT2D eigenvalue weighted by atomic mass is 19.3. The number of ether oxygens (including phenoxy) is 3. The van der Waals surface area contributed by atoms with Gasteiger partial charge in [-0.15, -0.1) is 0 Å². The molecule has 6 nitrogen and oxygen atoms in total. The highest BCUT2D eigenvalue weighted by Crippen LogP contribution is 2.58. The molecule has 12 heteroatoms. The Balaban J connectivity index is 1.65. The molecule has 0 radical (unpaired) electrons. The number of carbonyl (C=O) groups excluding carboxylic acids is 3. The summed E-state index contributed by atoms with van der Waals surface area (Å²) in [7, 11) is 0. The van der Waals surface area contributed by atoms with Crippen molar-refractivity contribution in [2.45, 2.75) is 68.8 Å². The molecule has 0 aromatic heterocycles. The van der Waals surface area contributed by atoms with E-state index >= 15 is 0 Å². The third kappa shape index (κ3) is 4.57. The molecule has 4 saturated carbocycles. The lowest BCUT2D eigenvalue weighted by Gasteiger charge is -2.55. The monoisotopic (exact) mass is 486 g/mol. The molecule has 4 rings (SSSR count). The van der Waals surface area contributed by atoms with Gasteiger partial charge in [-0.3, -0.25) is 0 Å². The molecule has 4 aliphatic carbocycles. The summed E-state index contributed by atoms with van der Waals surface area (Å²) in [6.45, 7) is 2.57. The number of hydrogen-bond donors (Lipinski definition) is 0. The first-order valence-electron chi connectivity index (χ1n) is 10.5. The molecule has 4 fully saturated rings. The van der Waals surface area contributed by atoms with E-state index in [0.29, 0.717) is 0 Å². The van der Waals surface area contributed by atoms with Crippen molar-refractivity contribution in [1.29, 1.82) is 0 Å². The van der Waals surface area contributed by atoms with Crippen LogP contribution in [0.25, 0.3) is 0 Å². The maximum atomic E-state index is 14.3. The summed E-state index contributed by atoms with van der Waals surface area (Å²) >= 11 is 0. The summed E-state index contributed by atoms with van der Waals surface area (Å²) in [5.74, 6) is -24.9. The number of alkyl halides is 6. The number of carbonyl (C=O) groups is 3. The minimum atomic E-state index is -6.43. The van der Waals surface area contributed by atoms with Crippen molar-refractivity contribution in [2.75, 3.05) is 13.2 Å². The Labute approximate surface area is 185 Å². The lowest BCUT2D eigenvalue weighted by Crippen LogP contribution is -2.63. The zero-order valence-electron chi connectivity index (χ0n) is 17.8. The molecule has 4 aliphatic rings. The fourth-order valence-corrected chi connectivity index (χ4v) is 5.35. The zero-order valence-corrected chi connectivity index (χ0v) is 17.8. The van der Waals surface area contributed by atoms with Crippen molar-refractivity contribution in [3.05, 3.63) is 12.2 Å². The van der Waals surface area contributed by atoms with E-state index in [9.17, 15) is 40.7 Å². The second-order valence-corrected chi connectivity index (χ2v) is 9.27. The van der Waals surface area contributed by atoms with E-state index in [4.69, 9.17) is 4.74 Å². The van der Waals surface area contributed by atoms with Crippen LogP contribution < -0.4 is 0 Å². The topological polar surface area (TPSA) is 78.9 Å². The van der Waals surface area contributed by atoms with Crippen molar-refractivity contribution in [3.63, 3.8) is 0 Å². The normalized spacial score (nSPS) is 28.9. The largest absolute Gasteiger partial charge is 0.459 e. The minimum Gasteiger partial charge on any atom is -0.459 e. The first kappa shape index (κ1) is 25.4. The predicted molar refractivity (Wildman–Crippen MR) is 98.6 cm³/mol. The van der Waals surface area contributed by atoms with Gasteiger partial charge in [-0.2, -0.15) is 26.3 Å². The maximum absolute atomic E-state index is 14.3. The first-order valence-corrected chi connectivity index (χ1v) is 10.5. The van der Waals surface area contributed by atoms with Crippen LogP contribution in [0.3, 0.4) is 0 Å². The van der Waals surface area contributed by atoms with Gasteiger partial charge in [-0.1, -0.05) is 6.58 Å². The third-order valence-electron chi connectivity index (χ3n) is 6.49. The molecule has 0 aromatic rings. The maximum Gasteiger partial charge on any atom is 0.411 e. The summed E-state index contributed by atoms with van der Waals surface area (Å²) < 4.78 is 98.2. The van der Waals surface area contributed by atoms with Gasteiger partial charge in [-0.25, -0.2) is 14.4 Å². The van der Waals surface area contributed by atoms with Gasteiger partial charge in [0, 0.05) is 5.57 Å². The van der Waals surface area contributed by atoms with E-state index in [-0.39, 0.29) is 42.6 Å². The van der Waals surface area contributed by atoms with E-state index in [0.717, 1.165) is 19.3 Å². The van der Waals surface area contributed by atoms with Gasteiger partial charge >= 0.3 is 35.7 Å². The molecular formula is C21H24F6O6. The lowest BCUT2D eigenvalue weighted by molar-refractivity contribution is -0.307. The molecule has 186 valence electrons. The highest BCUT2D eigenvalue weighted by molar-refractivity contribution is 5.87. The fraction of sp³-hybridized carbons (Fsp3) is 0.762. The van der Waals surface area contributed by atoms with Crippen molar-refractivity contribution >= 4 is 17.9 Å². The summed E-state index contributed by atoms with van der Waals surface area (Å²) in [5.41, 5.74) is -1.45. The van der Waals surface area contributed by atoms with Crippen LogP contribution >= 0.6 is 0 Å². The van der Waals surface area contributed by atoms with Crippen molar-refractivity contribution in [1.82, 2.24) is 0 Å². The van der Waals surface area contributed by atoms with Crippen LogP contribution in [-0.2, 0) is 28.6 Å². The average Bonchev–Trinajstić information content (AvgIpc) is 2.68. The van der Waals surface area contributed by atoms with Gasteiger partial charge < -0.3 is 14.2 Å². The van der Waals surface area contributed by atoms with Crippen LogP contribution in [0.4, 0.5) is 26.3 Å². The second kappa shape index (κ2) is 8.50. The fourth-order valence-electron chi connectivity index (χ4n) is 5.35. The number of hydrogen-bond acceptors (Lipinski definition) is 6. The number of halogens is 6. The van der Waals surface area contributed by atoms with Crippen LogP contribution in [0, 0.1) is 17.8 Å². The zero-order chi connectivity index (χ0) is 24.8. The minimum absolute atomic E-state index is 0.0737. The van der Waals surface area contributed by atoms with E-state index in [2.05, 4.69) is 16.1 Å². The van der Waals surface area contributed by atoms with Crippen molar-refractivity contribution < 1.29 is 54.9 Å². The molecule has 0 amide bonds. The molecule has 0 heterocycles. The van der Waals surface area contributed by atoms with E-state index < -0.39 is 54.5 Å². The smallest absolute Gasteiger partial charge is 0.411 e. The Hall–Kier alpha value is -2.27. The molecule has 33 heavy (non-hydrogen) atoms. The van der Waals surface area contributed by atoms with Gasteiger partial charge in [0.05, 0.1) is 0 Å². The Kier molecular flexibility index (Phi) is 6.53. The quantitative estimate of drug-likeness (QED) is 0.161. The lowest BCUT2D eigenvalue weighted by atomic mass is 9.54. The molecule has 0 N–H and O–H groups in total. The Morgan fingerprint density at radius 2 is 1.24 bits per heavy atom.